The van der Waals surface area contributed by atoms with Gasteiger partial charge >= 0.3 is 0 Å². The topological polar surface area (TPSA) is 125 Å². The zero-order chi connectivity index (χ0) is 23.3. The van der Waals surface area contributed by atoms with Gasteiger partial charge in [0.2, 0.25) is 11.7 Å². The van der Waals surface area contributed by atoms with Gasteiger partial charge in [0.1, 0.15) is 6.10 Å². The van der Waals surface area contributed by atoms with Crippen LogP contribution in [0.1, 0.15) is 36.5 Å². The van der Waals surface area contributed by atoms with Crippen LogP contribution in [0, 0.1) is 23.2 Å². The van der Waals surface area contributed by atoms with Crippen molar-refractivity contribution in [3.8, 4) is 11.8 Å². The van der Waals surface area contributed by atoms with Crippen molar-refractivity contribution in [1.29, 1.82) is 0 Å². The van der Waals surface area contributed by atoms with Gasteiger partial charge in [0.25, 0.3) is 0 Å². The van der Waals surface area contributed by atoms with Gasteiger partial charge < -0.3 is 25.4 Å². The summed E-state index contributed by atoms with van der Waals surface area (Å²) in [6, 6.07) is 3.08. The first kappa shape index (κ1) is 22.1. The number of hydrogen-bond acceptors (Lipinski definition) is 8. The van der Waals surface area contributed by atoms with Crippen molar-refractivity contribution in [2.24, 2.45) is 11.3 Å². The fourth-order valence-corrected chi connectivity index (χ4v) is 5.74. The molecular formula is C22H23ClN6O3S. The van der Waals surface area contributed by atoms with Crippen molar-refractivity contribution in [3.05, 3.63) is 33.5 Å². The lowest BCUT2D eigenvalue weighted by molar-refractivity contribution is -0.132. The van der Waals surface area contributed by atoms with Gasteiger partial charge in [-0.3, -0.25) is 4.79 Å². The standard InChI is InChI=1S/C22H23ClN6O3S/c1-3-8-25-19-15-20(28-14(27-19)7-5-11-4-6-13(23)33-11)29(10-26-15)16-12-9-22(12,21(32)24-2)18(31)17(16)30/h4,6,10,12,16-18,30-31H,3,8-9H2,1-2H3,(H,24,32)(H,25,27,28)/t12-,16-,17?,18?,22+/m1/s1. The van der Waals surface area contributed by atoms with Crippen LogP contribution < -0.4 is 10.6 Å². The van der Waals surface area contributed by atoms with Gasteiger partial charge in [-0.2, -0.15) is 0 Å². The number of hydrogen-bond donors (Lipinski definition) is 4. The molecule has 0 spiro atoms. The first-order chi connectivity index (χ1) is 15.9. The zero-order valence-electron chi connectivity index (χ0n) is 18.0. The average Bonchev–Trinajstić information content (AvgIpc) is 3.06. The molecule has 0 aromatic carbocycles. The number of nitrogens with zero attached hydrogens (tertiary/aromatic N) is 4. The third-order valence-corrected chi connectivity index (χ3v) is 7.62. The lowest BCUT2D eigenvalue weighted by Crippen LogP contribution is -2.41. The van der Waals surface area contributed by atoms with Gasteiger partial charge in [-0.15, -0.1) is 11.3 Å². The lowest BCUT2D eigenvalue weighted by Gasteiger charge is -2.23. The Morgan fingerprint density at radius 1 is 1.36 bits per heavy atom. The number of amides is 1. The Morgan fingerprint density at radius 2 is 2.18 bits per heavy atom. The van der Waals surface area contributed by atoms with E-state index in [1.807, 2.05) is 13.0 Å². The molecule has 172 valence electrons. The molecule has 0 saturated heterocycles. The number of carbonyl (C=O) groups is 1. The molecule has 2 aliphatic rings. The second-order valence-corrected chi connectivity index (χ2v) is 10.1. The first-order valence-electron chi connectivity index (χ1n) is 10.7. The van der Waals surface area contributed by atoms with E-state index in [9.17, 15) is 15.0 Å². The summed E-state index contributed by atoms with van der Waals surface area (Å²) in [6.45, 7) is 2.74. The molecular weight excluding hydrogens is 464 g/mol. The molecule has 33 heavy (non-hydrogen) atoms. The summed E-state index contributed by atoms with van der Waals surface area (Å²) in [4.78, 5) is 27.0. The minimum absolute atomic E-state index is 0.218. The van der Waals surface area contributed by atoms with Crippen LogP contribution in [0.25, 0.3) is 11.2 Å². The third kappa shape index (κ3) is 3.47. The summed E-state index contributed by atoms with van der Waals surface area (Å²) in [5, 5.41) is 27.5. The number of anilines is 1. The van der Waals surface area contributed by atoms with E-state index in [0.717, 1.165) is 11.3 Å². The van der Waals surface area contributed by atoms with Crippen molar-refractivity contribution < 1.29 is 15.0 Å². The Labute approximate surface area is 199 Å². The van der Waals surface area contributed by atoms with Gasteiger partial charge in [0, 0.05) is 19.5 Å². The van der Waals surface area contributed by atoms with E-state index in [4.69, 9.17) is 11.6 Å². The number of aliphatic hydroxyl groups is 2. The van der Waals surface area contributed by atoms with Crippen molar-refractivity contribution in [2.45, 2.75) is 38.0 Å². The molecule has 9 nitrogen and oxygen atoms in total. The number of halogens is 1. The van der Waals surface area contributed by atoms with E-state index in [2.05, 4.69) is 37.4 Å². The molecule has 3 heterocycles. The Kier molecular flexibility index (Phi) is 5.53. The number of rotatable bonds is 5. The van der Waals surface area contributed by atoms with Crippen LogP contribution in [-0.2, 0) is 4.79 Å². The summed E-state index contributed by atoms with van der Waals surface area (Å²) in [7, 11) is 1.54. The van der Waals surface area contributed by atoms with Gasteiger partial charge in [-0.05, 0) is 36.8 Å². The van der Waals surface area contributed by atoms with E-state index in [1.165, 1.54) is 18.4 Å². The smallest absolute Gasteiger partial charge is 0.229 e. The van der Waals surface area contributed by atoms with Gasteiger partial charge in [-0.1, -0.05) is 18.5 Å². The molecule has 0 radical (unpaired) electrons. The number of thiophene rings is 1. The van der Waals surface area contributed by atoms with E-state index in [0.29, 0.717) is 40.1 Å². The Morgan fingerprint density at radius 3 is 2.88 bits per heavy atom. The highest BCUT2D eigenvalue weighted by atomic mass is 35.5. The van der Waals surface area contributed by atoms with Crippen molar-refractivity contribution >= 4 is 45.8 Å². The summed E-state index contributed by atoms with van der Waals surface area (Å²) in [5.41, 5.74) is 0.0632. The molecule has 0 aliphatic heterocycles. The molecule has 3 aromatic heterocycles. The highest BCUT2D eigenvalue weighted by Crippen LogP contribution is 2.67. The molecule has 5 atom stereocenters. The highest BCUT2D eigenvalue weighted by molar-refractivity contribution is 7.16. The van der Waals surface area contributed by atoms with Crippen LogP contribution in [0.3, 0.4) is 0 Å². The van der Waals surface area contributed by atoms with Crippen LogP contribution in [0.5, 0.6) is 0 Å². The number of aliphatic hydroxyl groups excluding tert-OH is 2. The normalized spacial score (nSPS) is 27.7. The van der Waals surface area contributed by atoms with E-state index in [1.54, 1.807) is 17.0 Å². The highest BCUT2D eigenvalue weighted by Gasteiger charge is 2.75. The largest absolute Gasteiger partial charge is 0.389 e. The molecule has 0 bridgehead atoms. The monoisotopic (exact) mass is 486 g/mol. The SMILES string of the molecule is CCCNc1nc(C#Cc2ccc(Cl)s2)nc2c1ncn2[C@H]1C(O)C(O)[C@]2(C(=O)NC)C[C@H]12. The van der Waals surface area contributed by atoms with Crippen molar-refractivity contribution in [3.63, 3.8) is 0 Å². The second kappa shape index (κ2) is 8.25. The molecule has 2 fully saturated rings. The molecule has 2 aliphatic carbocycles. The fourth-order valence-electron chi connectivity index (χ4n) is 4.84. The Hall–Kier alpha value is -2.71. The number of aromatic nitrogens is 4. The van der Waals surface area contributed by atoms with Crippen molar-refractivity contribution in [1.82, 2.24) is 24.8 Å². The van der Waals surface area contributed by atoms with E-state index in [-0.39, 0.29) is 11.8 Å². The maximum absolute atomic E-state index is 12.5. The van der Waals surface area contributed by atoms with Crippen LogP contribution in [0.4, 0.5) is 5.82 Å². The molecule has 2 saturated carbocycles. The fraction of sp³-hybridized carbons (Fsp3) is 0.455. The first-order valence-corrected chi connectivity index (χ1v) is 11.9. The summed E-state index contributed by atoms with van der Waals surface area (Å²) in [6.07, 6.45) is 0.694. The molecule has 5 rings (SSSR count). The predicted octanol–water partition coefficient (Wildman–Crippen LogP) is 1.79. The Balaban J connectivity index is 1.58. The minimum atomic E-state index is -1.16. The van der Waals surface area contributed by atoms with Gasteiger partial charge in [0.05, 0.1) is 33.1 Å². The quantitative estimate of drug-likeness (QED) is 0.405. The summed E-state index contributed by atoms with van der Waals surface area (Å²) >= 11 is 7.36. The maximum atomic E-state index is 12.5. The van der Waals surface area contributed by atoms with Gasteiger partial charge in [0.15, 0.2) is 17.0 Å². The predicted molar refractivity (Wildman–Crippen MR) is 125 cm³/mol. The summed E-state index contributed by atoms with van der Waals surface area (Å²) < 4.78 is 2.40. The van der Waals surface area contributed by atoms with Crippen molar-refractivity contribution in [2.75, 3.05) is 18.9 Å². The number of nitrogens with one attached hydrogen (secondary N) is 2. The van der Waals surface area contributed by atoms with E-state index < -0.39 is 23.7 Å². The molecule has 1 amide bonds. The maximum Gasteiger partial charge on any atom is 0.229 e. The third-order valence-electron chi connectivity index (χ3n) is 6.48. The van der Waals surface area contributed by atoms with Gasteiger partial charge in [-0.25, -0.2) is 15.0 Å². The zero-order valence-corrected chi connectivity index (χ0v) is 19.6. The number of carbonyl (C=O) groups excluding carboxylic acids is 1. The molecule has 2 unspecified atom stereocenters. The molecule has 3 aromatic rings. The molecule has 4 N–H and O–H groups in total. The Bertz CT molecular complexity index is 1300. The average molecular weight is 487 g/mol. The number of imidazole rings is 1. The number of fused-ring (bicyclic) bond motifs is 2. The van der Waals surface area contributed by atoms with Crippen LogP contribution in [-0.4, -0.2) is 61.4 Å². The van der Waals surface area contributed by atoms with Crippen LogP contribution in [0.2, 0.25) is 4.34 Å². The second-order valence-electron chi connectivity index (χ2n) is 8.36. The lowest BCUT2D eigenvalue weighted by atomic mass is 9.98. The molecule has 11 heteroatoms. The minimum Gasteiger partial charge on any atom is -0.389 e. The summed E-state index contributed by atoms with van der Waals surface area (Å²) in [5.74, 6) is 6.40. The van der Waals surface area contributed by atoms with Crippen LogP contribution >= 0.6 is 22.9 Å². The van der Waals surface area contributed by atoms with Crippen LogP contribution in [0.15, 0.2) is 18.5 Å². The van der Waals surface area contributed by atoms with E-state index >= 15 is 0 Å².